The number of hydrogen-bond acceptors (Lipinski definition) is 2. The average Bonchev–Trinajstić information content (AvgIpc) is 2.80. The Labute approximate surface area is 221 Å². The van der Waals surface area contributed by atoms with Crippen LogP contribution in [0, 0.1) is 0 Å². The zero-order valence-electron chi connectivity index (χ0n) is 19.0. The van der Waals surface area contributed by atoms with E-state index in [1.54, 1.807) is 59.4 Å². The molecule has 1 heterocycles. The first-order valence-electron chi connectivity index (χ1n) is 10.6. The monoisotopic (exact) mass is 624 g/mol. The lowest BCUT2D eigenvalue weighted by molar-refractivity contribution is -0.671. The van der Waals surface area contributed by atoms with Crippen LogP contribution in [0.25, 0.3) is 0 Å². The second-order valence-electron chi connectivity index (χ2n) is 8.00. The molecule has 3 aromatic rings. The number of nitrogens with zero attached hydrogens (tertiary/aromatic N) is 1. The number of hydrogen-bond donors (Lipinski definition) is 1. The average molecular weight is 624 g/mol. The van der Waals surface area contributed by atoms with Crippen LogP contribution in [0.2, 0.25) is 0 Å². The molecule has 1 N–H and O–H groups in total. The Morgan fingerprint density at radius 2 is 1.47 bits per heavy atom. The first-order chi connectivity index (χ1) is 16.4. The van der Waals surface area contributed by atoms with Crippen LogP contribution < -0.4 is 33.9 Å². The highest BCUT2D eigenvalue weighted by molar-refractivity contribution is 5.93. The Kier molecular flexibility index (Phi) is 10.3. The van der Waals surface area contributed by atoms with Crippen molar-refractivity contribution in [3.8, 4) is 0 Å². The van der Waals surface area contributed by atoms with Gasteiger partial charge < -0.3 is 34.0 Å². The van der Waals surface area contributed by atoms with Crippen molar-refractivity contribution >= 4 is 5.91 Å². The van der Waals surface area contributed by atoms with E-state index in [0.717, 1.165) is 5.56 Å². The fraction of sp³-hybridized carbons (Fsp3) is 0.280. The number of aryl methyl sites for hydroxylation is 1. The van der Waals surface area contributed by atoms with E-state index in [9.17, 15) is 31.1 Å². The van der Waals surface area contributed by atoms with Crippen LogP contribution in [0.15, 0.2) is 73.1 Å². The van der Waals surface area contributed by atoms with Gasteiger partial charge in [-0.3, -0.25) is 4.79 Å². The van der Waals surface area contributed by atoms with Gasteiger partial charge in [-0.05, 0) is 29.3 Å². The third kappa shape index (κ3) is 8.47. The zero-order valence-corrected chi connectivity index (χ0v) is 21.2. The second kappa shape index (κ2) is 12.5. The van der Waals surface area contributed by atoms with Crippen LogP contribution in [-0.2, 0) is 30.7 Å². The van der Waals surface area contributed by atoms with E-state index >= 15 is 0 Å². The van der Waals surface area contributed by atoms with Gasteiger partial charge in [0, 0.05) is 24.6 Å². The number of nitrogens with one attached hydrogen (secondary N) is 1. The Hall–Kier alpha value is -2.67. The van der Waals surface area contributed by atoms with Crippen molar-refractivity contribution in [3.05, 3.63) is 101 Å². The molecule has 3 rings (SSSR count). The van der Waals surface area contributed by atoms with Crippen LogP contribution in [0.1, 0.15) is 38.5 Å². The molecule has 11 heteroatoms. The molecule has 1 aromatic heterocycles. The molecule has 0 radical (unpaired) electrons. The highest BCUT2D eigenvalue weighted by atomic mass is 127. The molecule has 0 spiro atoms. The summed E-state index contributed by atoms with van der Waals surface area (Å²) in [7, 11) is 1.81. The van der Waals surface area contributed by atoms with Gasteiger partial charge in [0.15, 0.2) is 12.4 Å². The first-order valence-corrected chi connectivity index (χ1v) is 10.6. The highest BCUT2D eigenvalue weighted by Crippen LogP contribution is 2.36. The summed E-state index contributed by atoms with van der Waals surface area (Å²) in [4.78, 5) is 12.5. The molecule has 0 fully saturated rings. The summed E-state index contributed by atoms with van der Waals surface area (Å²) in [5.41, 5.74) is -1.80. The number of aromatic nitrogens is 1. The smallest absolute Gasteiger partial charge is 0.416 e. The fourth-order valence-corrected chi connectivity index (χ4v) is 3.39. The summed E-state index contributed by atoms with van der Waals surface area (Å²) in [6.07, 6.45) is -6.42. The minimum atomic E-state index is -4.93. The number of alkyl halides is 6. The molecule has 0 saturated carbocycles. The lowest BCUT2D eigenvalue weighted by Crippen LogP contribution is -3.00. The number of benzene rings is 2. The number of carbonyl (C=O) groups is 1. The molecule has 1 atom stereocenters. The third-order valence-corrected chi connectivity index (χ3v) is 5.26. The SMILES string of the molecule is C[n+]1ccc(C(=O)NCC(COCc2cc(C(F)(F)F)cc(C(F)(F)F)c2)c2ccccc2)cc1.[I-]. The van der Waals surface area contributed by atoms with Gasteiger partial charge in [0.25, 0.3) is 5.91 Å². The molecule has 0 saturated heterocycles. The molecule has 0 aliphatic heterocycles. The van der Waals surface area contributed by atoms with Gasteiger partial charge in [-0.2, -0.15) is 26.3 Å². The van der Waals surface area contributed by atoms with E-state index < -0.39 is 30.1 Å². The molecular formula is C25H23F6IN2O2. The van der Waals surface area contributed by atoms with Crippen molar-refractivity contribution in [2.75, 3.05) is 13.2 Å². The lowest BCUT2D eigenvalue weighted by atomic mass is 9.99. The van der Waals surface area contributed by atoms with Crippen molar-refractivity contribution in [2.45, 2.75) is 24.9 Å². The van der Waals surface area contributed by atoms with Crippen molar-refractivity contribution in [1.29, 1.82) is 0 Å². The molecule has 194 valence electrons. The van der Waals surface area contributed by atoms with Crippen LogP contribution in [-0.4, -0.2) is 19.1 Å². The number of amides is 1. The van der Waals surface area contributed by atoms with Gasteiger partial charge in [-0.15, -0.1) is 0 Å². The number of ether oxygens (including phenoxy) is 1. The van der Waals surface area contributed by atoms with Crippen LogP contribution in [0.4, 0.5) is 26.3 Å². The van der Waals surface area contributed by atoms with Crippen molar-refractivity contribution in [3.63, 3.8) is 0 Å². The van der Waals surface area contributed by atoms with Crippen LogP contribution >= 0.6 is 0 Å². The minimum absolute atomic E-state index is 0. The number of halogens is 7. The zero-order chi connectivity index (χ0) is 25.6. The molecule has 0 aliphatic carbocycles. The summed E-state index contributed by atoms with van der Waals surface area (Å²) in [6, 6.07) is 13.6. The third-order valence-electron chi connectivity index (χ3n) is 5.26. The predicted octanol–water partition coefficient (Wildman–Crippen LogP) is 2.28. The van der Waals surface area contributed by atoms with E-state index in [0.29, 0.717) is 17.7 Å². The number of rotatable bonds is 8. The summed E-state index contributed by atoms with van der Waals surface area (Å²) < 4.78 is 85.9. The van der Waals surface area contributed by atoms with Gasteiger partial charge in [0.05, 0.1) is 29.9 Å². The van der Waals surface area contributed by atoms with Crippen molar-refractivity contribution in [1.82, 2.24) is 5.32 Å². The first kappa shape index (κ1) is 29.6. The van der Waals surface area contributed by atoms with Gasteiger partial charge in [0.2, 0.25) is 0 Å². The predicted molar refractivity (Wildman–Crippen MR) is 115 cm³/mol. The van der Waals surface area contributed by atoms with Crippen LogP contribution in [0.5, 0.6) is 0 Å². The van der Waals surface area contributed by atoms with Crippen molar-refractivity contribution < 1.29 is 64.4 Å². The Bertz CT molecular complexity index is 1100. The maximum atomic E-state index is 13.1. The molecule has 4 nitrogen and oxygen atoms in total. The van der Waals surface area contributed by atoms with Gasteiger partial charge in [0.1, 0.15) is 7.05 Å². The molecule has 0 bridgehead atoms. The summed E-state index contributed by atoms with van der Waals surface area (Å²) in [6.45, 7) is -0.342. The normalized spacial score (nSPS) is 12.5. The van der Waals surface area contributed by atoms with E-state index in [1.807, 2.05) is 7.05 Å². The lowest BCUT2D eigenvalue weighted by Gasteiger charge is -2.19. The number of pyridine rings is 1. The van der Waals surface area contributed by atoms with E-state index in [2.05, 4.69) is 5.32 Å². The summed E-state index contributed by atoms with van der Waals surface area (Å²) in [5, 5.41) is 2.80. The van der Waals surface area contributed by atoms with E-state index in [4.69, 9.17) is 4.74 Å². The summed E-state index contributed by atoms with van der Waals surface area (Å²) >= 11 is 0. The second-order valence-corrected chi connectivity index (χ2v) is 8.00. The maximum absolute atomic E-state index is 13.1. The molecule has 2 aromatic carbocycles. The molecular weight excluding hydrogens is 601 g/mol. The maximum Gasteiger partial charge on any atom is 0.416 e. The van der Waals surface area contributed by atoms with Gasteiger partial charge in [-0.1, -0.05) is 30.3 Å². The topological polar surface area (TPSA) is 42.2 Å². The fourth-order valence-electron chi connectivity index (χ4n) is 3.39. The quantitative estimate of drug-likeness (QED) is 0.238. The number of carbonyl (C=O) groups excluding carboxylic acids is 1. The Morgan fingerprint density at radius 3 is 2.00 bits per heavy atom. The summed E-state index contributed by atoms with van der Waals surface area (Å²) in [5.74, 6) is -0.702. The van der Waals surface area contributed by atoms with Gasteiger partial charge in [-0.25, -0.2) is 4.57 Å². The highest BCUT2D eigenvalue weighted by Gasteiger charge is 2.36. The van der Waals surface area contributed by atoms with Crippen molar-refractivity contribution in [2.24, 2.45) is 7.05 Å². The Morgan fingerprint density at radius 1 is 0.917 bits per heavy atom. The molecule has 1 unspecified atom stereocenters. The Balaban J connectivity index is 0.00000456. The van der Waals surface area contributed by atoms with E-state index in [1.165, 1.54) is 0 Å². The molecule has 36 heavy (non-hydrogen) atoms. The minimum Gasteiger partial charge on any atom is -1.00 e. The van der Waals surface area contributed by atoms with E-state index in [-0.39, 0.29) is 60.6 Å². The van der Waals surface area contributed by atoms with Crippen LogP contribution in [0.3, 0.4) is 0 Å². The standard InChI is InChI=1S/C25H22F6N2O2.HI/c1-33-9-7-19(8-10-33)23(34)32-14-20(18-5-3-2-4-6-18)16-35-15-17-11-21(24(26,27)28)13-22(12-17)25(29,30)31;/h2-13,20H,14-16H2,1H3;1H. The molecule has 1 amide bonds. The van der Waals surface area contributed by atoms with Gasteiger partial charge >= 0.3 is 12.4 Å². The largest absolute Gasteiger partial charge is 1.00 e. The molecule has 0 aliphatic rings.